The number of aryl methyl sites for hydroxylation is 1. The van der Waals surface area contributed by atoms with Crippen molar-refractivity contribution in [3.05, 3.63) is 73.6 Å². The van der Waals surface area contributed by atoms with Crippen molar-refractivity contribution in [2.24, 2.45) is 5.41 Å². The van der Waals surface area contributed by atoms with Crippen LogP contribution in [0.4, 0.5) is 0 Å². The molecule has 2 aromatic heterocycles. The number of fused-ring (bicyclic) bond motifs is 2. The largest absolute Gasteiger partial charge is 0.506 e. The molecular weight excluding hydrogens is 540 g/mol. The number of benzene rings is 2. The number of pyridine rings is 1. The molecule has 0 radical (unpaired) electrons. The van der Waals surface area contributed by atoms with Crippen molar-refractivity contribution in [2.75, 3.05) is 26.2 Å². The molecule has 1 aliphatic heterocycles. The third-order valence-electron chi connectivity index (χ3n) is 9.11. The molecule has 9 nitrogen and oxygen atoms in total. The van der Waals surface area contributed by atoms with Crippen molar-refractivity contribution in [3.63, 3.8) is 0 Å². The first-order chi connectivity index (χ1) is 20.0. The lowest BCUT2D eigenvalue weighted by Gasteiger charge is -2.52. The molecule has 1 aliphatic carbocycles. The monoisotopic (exact) mass is 576 g/mol. The number of rotatable bonds is 11. The molecule has 0 amide bonds. The Balaban J connectivity index is 0.997. The van der Waals surface area contributed by atoms with Gasteiger partial charge in [-0.15, -0.1) is 0 Å². The van der Waals surface area contributed by atoms with Crippen LogP contribution in [-0.2, 0) is 29.0 Å². The molecule has 3 heterocycles. The number of ether oxygens (including phenoxy) is 1. The van der Waals surface area contributed by atoms with Crippen molar-refractivity contribution < 1.29 is 14.6 Å². The van der Waals surface area contributed by atoms with Gasteiger partial charge in [0.1, 0.15) is 11.9 Å². The zero-order chi connectivity index (χ0) is 28.4. The summed E-state index contributed by atoms with van der Waals surface area (Å²) in [4.78, 5) is 40.5. The Labute approximate surface area is 241 Å². The number of aromatic hydroxyl groups is 1. The second kappa shape index (κ2) is 11.8. The van der Waals surface area contributed by atoms with Gasteiger partial charge in [-0.2, -0.15) is 0 Å². The van der Waals surface area contributed by atoms with Crippen LogP contribution in [0, 0.1) is 5.41 Å². The fraction of sp³-hybridized carbons (Fsp3) is 0.452. The van der Waals surface area contributed by atoms with Gasteiger partial charge in [0.05, 0.1) is 15.7 Å². The lowest BCUT2D eigenvalue weighted by molar-refractivity contribution is -0.160. The topological polar surface area (TPSA) is 117 Å². The summed E-state index contributed by atoms with van der Waals surface area (Å²) in [5.74, 6) is 0.0719. The molecule has 0 bridgehead atoms. The highest BCUT2D eigenvalue weighted by molar-refractivity contribution is 7.16. The summed E-state index contributed by atoms with van der Waals surface area (Å²) >= 11 is 1.31. The number of likely N-dealkylation sites (tertiary alicyclic amines) is 1. The highest BCUT2D eigenvalue weighted by Crippen LogP contribution is 2.50. The van der Waals surface area contributed by atoms with E-state index in [2.05, 4.69) is 33.4 Å². The van der Waals surface area contributed by atoms with Crippen molar-refractivity contribution in [1.82, 2.24) is 19.8 Å². The number of thiazole rings is 1. The quantitative estimate of drug-likeness (QED) is 0.184. The highest BCUT2D eigenvalue weighted by Gasteiger charge is 2.49. The van der Waals surface area contributed by atoms with E-state index in [0.29, 0.717) is 25.1 Å². The number of hydrogen-bond acceptors (Lipinski definition) is 8. The lowest BCUT2D eigenvalue weighted by atomic mass is 9.61. The summed E-state index contributed by atoms with van der Waals surface area (Å²) in [5.41, 5.74) is 3.61. The first-order valence-corrected chi connectivity index (χ1v) is 15.3. The minimum atomic E-state index is -0.236. The predicted molar refractivity (Wildman–Crippen MR) is 161 cm³/mol. The molecule has 10 heteroatoms. The van der Waals surface area contributed by atoms with Crippen LogP contribution in [0.15, 0.2) is 52.1 Å². The molecule has 1 unspecified atom stereocenters. The molecule has 4 aromatic rings. The number of aromatic nitrogens is 2. The number of carbonyl (C=O) groups excluding carboxylic acids is 1. The van der Waals surface area contributed by atoms with Gasteiger partial charge in [-0.05, 0) is 100 Å². The normalized spacial score (nSPS) is 18.6. The van der Waals surface area contributed by atoms with Crippen molar-refractivity contribution in [1.29, 1.82) is 0 Å². The van der Waals surface area contributed by atoms with Gasteiger partial charge in [0.2, 0.25) is 5.56 Å². The summed E-state index contributed by atoms with van der Waals surface area (Å²) in [6, 6.07) is 13.0. The molecule has 6 rings (SSSR count). The van der Waals surface area contributed by atoms with Crippen LogP contribution in [0.2, 0.25) is 0 Å². The third kappa shape index (κ3) is 5.68. The summed E-state index contributed by atoms with van der Waals surface area (Å²) < 4.78 is 8.22. The zero-order valence-electron chi connectivity index (χ0n) is 23.1. The van der Waals surface area contributed by atoms with Gasteiger partial charge in [0.25, 0.3) is 6.47 Å². The SMILES string of the molecule is O=COC1CCC12CCN(CCCn1c(=O)sc3cc(CNCCc4ccc(O)c5[nH]c(=O)ccc45)ccc31)CC2. The van der Waals surface area contributed by atoms with Crippen LogP contribution < -0.4 is 15.7 Å². The van der Waals surface area contributed by atoms with E-state index in [-0.39, 0.29) is 27.7 Å². The fourth-order valence-electron chi connectivity index (χ4n) is 6.60. The Morgan fingerprint density at radius 1 is 1.10 bits per heavy atom. The Morgan fingerprint density at radius 2 is 1.95 bits per heavy atom. The molecule has 2 fully saturated rings. The molecule has 41 heavy (non-hydrogen) atoms. The maximum absolute atomic E-state index is 12.8. The highest BCUT2D eigenvalue weighted by atomic mass is 32.1. The van der Waals surface area contributed by atoms with Gasteiger partial charge < -0.3 is 25.0 Å². The Bertz CT molecular complexity index is 1670. The van der Waals surface area contributed by atoms with Crippen LogP contribution in [-0.4, -0.2) is 58.3 Å². The second-order valence-corrected chi connectivity index (χ2v) is 12.4. The van der Waals surface area contributed by atoms with E-state index in [9.17, 15) is 19.5 Å². The number of nitrogens with zero attached hydrogens (tertiary/aromatic N) is 2. The summed E-state index contributed by atoms with van der Waals surface area (Å²) in [5, 5.41) is 14.4. The van der Waals surface area contributed by atoms with E-state index in [1.807, 2.05) is 10.6 Å². The molecule has 3 N–H and O–H groups in total. The predicted octanol–water partition coefficient (Wildman–Crippen LogP) is 3.75. The molecule has 2 aliphatic rings. The van der Waals surface area contributed by atoms with E-state index in [0.717, 1.165) is 91.4 Å². The molecule has 1 atom stereocenters. The second-order valence-electron chi connectivity index (χ2n) is 11.4. The van der Waals surface area contributed by atoms with Crippen LogP contribution >= 0.6 is 11.3 Å². The Hall–Kier alpha value is -3.47. The Morgan fingerprint density at radius 3 is 2.73 bits per heavy atom. The number of nitrogens with one attached hydrogen (secondary N) is 2. The van der Waals surface area contributed by atoms with Crippen molar-refractivity contribution in [2.45, 2.75) is 57.7 Å². The Kier molecular flexibility index (Phi) is 7.96. The number of piperidine rings is 1. The number of carbonyl (C=O) groups is 1. The molecular formula is C31H36N4O5S. The van der Waals surface area contributed by atoms with Gasteiger partial charge in [-0.25, -0.2) is 0 Å². The van der Waals surface area contributed by atoms with E-state index >= 15 is 0 Å². The number of phenols is 1. The van der Waals surface area contributed by atoms with Crippen molar-refractivity contribution in [3.8, 4) is 5.75 Å². The average molecular weight is 577 g/mol. The maximum atomic E-state index is 12.8. The minimum Gasteiger partial charge on any atom is -0.506 e. The lowest BCUT2D eigenvalue weighted by Crippen LogP contribution is -2.53. The van der Waals surface area contributed by atoms with E-state index < -0.39 is 0 Å². The number of H-pyrrole nitrogens is 1. The molecule has 1 saturated carbocycles. The smallest absolute Gasteiger partial charge is 0.308 e. The standard InChI is InChI=1S/C31H36N4O5S/c36-20-40-27-8-10-31(27)11-16-34(17-12-31)14-1-15-35-24-5-2-21(18-26(24)41-30(35)39)19-32-13-9-22-3-6-25(37)29-23(22)4-7-28(38)33-29/h2-7,18,20,27,32,37H,1,8-17,19H2,(H,33,38). The molecule has 2 aromatic carbocycles. The molecule has 1 spiro atoms. The molecule has 216 valence electrons. The minimum absolute atomic E-state index is 0.0719. The van der Waals surface area contributed by atoms with Crippen LogP contribution in [0.1, 0.15) is 43.2 Å². The summed E-state index contributed by atoms with van der Waals surface area (Å²) in [7, 11) is 0. The van der Waals surface area contributed by atoms with Crippen molar-refractivity contribution >= 4 is 38.9 Å². The van der Waals surface area contributed by atoms with Crippen LogP contribution in [0.25, 0.3) is 21.1 Å². The van der Waals surface area contributed by atoms with Crippen LogP contribution in [0.5, 0.6) is 5.75 Å². The van der Waals surface area contributed by atoms with E-state index in [1.54, 1.807) is 12.1 Å². The first-order valence-electron chi connectivity index (χ1n) is 14.4. The van der Waals surface area contributed by atoms with Gasteiger partial charge in [0.15, 0.2) is 0 Å². The number of aromatic amines is 1. The summed E-state index contributed by atoms with van der Waals surface area (Å²) in [6.45, 7) is 5.75. The number of phenolic OH excluding ortho intramolecular Hbond substituents is 1. The zero-order valence-corrected chi connectivity index (χ0v) is 23.9. The third-order valence-corrected chi connectivity index (χ3v) is 10.1. The van der Waals surface area contributed by atoms with Gasteiger partial charge in [-0.1, -0.05) is 23.5 Å². The van der Waals surface area contributed by atoms with Gasteiger partial charge in [-0.3, -0.25) is 19.0 Å². The molecule has 1 saturated heterocycles. The van der Waals surface area contributed by atoms with Gasteiger partial charge >= 0.3 is 4.87 Å². The van der Waals surface area contributed by atoms with Gasteiger partial charge in [0, 0.05) is 30.0 Å². The van der Waals surface area contributed by atoms with E-state index in [1.165, 1.54) is 17.4 Å². The fourth-order valence-corrected chi connectivity index (χ4v) is 7.58. The van der Waals surface area contributed by atoms with E-state index in [4.69, 9.17) is 4.74 Å². The maximum Gasteiger partial charge on any atom is 0.308 e. The number of hydrogen-bond donors (Lipinski definition) is 3. The summed E-state index contributed by atoms with van der Waals surface area (Å²) in [6.07, 6.45) is 6.09. The van der Waals surface area contributed by atoms with Crippen LogP contribution in [0.3, 0.4) is 0 Å². The average Bonchev–Trinajstić information content (AvgIpc) is 3.29. The first kappa shape index (κ1) is 27.7.